The number of nitrogens with two attached hydrogens (primary N) is 1. The molecule has 9 nitrogen and oxygen atoms in total. The molecular weight excluding hydrogens is 594 g/mol. The summed E-state index contributed by atoms with van der Waals surface area (Å²) in [4.78, 5) is 21.6. The lowest BCUT2D eigenvalue weighted by molar-refractivity contribution is 0.0591. The van der Waals surface area contributed by atoms with Crippen LogP contribution in [0, 0.1) is 0 Å². The van der Waals surface area contributed by atoms with E-state index in [0.717, 1.165) is 66.2 Å². The molecule has 3 heterocycles. The molecule has 0 spiro atoms. The van der Waals surface area contributed by atoms with Gasteiger partial charge in [0, 0.05) is 35.2 Å². The Labute approximate surface area is 278 Å². The molecule has 0 bridgehead atoms. The number of nitrogens with zero attached hydrogens (tertiary/aromatic N) is 2. The molecule has 2 aliphatic heterocycles. The zero-order valence-corrected chi connectivity index (χ0v) is 28.2. The molecule has 3 aromatic rings. The van der Waals surface area contributed by atoms with Gasteiger partial charge in [0.25, 0.3) is 0 Å². The SMILES string of the molecule is CC(C)Oc1c(N)cccc1C1=CCOCC1.COC(=O)c1nc(C2CC2)cnc1Cc1cccc(C2=CCOCC2)c1OC(C)C. The van der Waals surface area contributed by atoms with Crippen molar-refractivity contribution in [3.8, 4) is 11.5 Å². The Morgan fingerprint density at radius 3 is 2.04 bits per heavy atom. The number of para-hydroxylation sites is 2. The highest BCUT2D eigenvalue weighted by Gasteiger charge is 2.28. The van der Waals surface area contributed by atoms with Crippen molar-refractivity contribution in [2.45, 2.75) is 77.9 Å². The Bertz CT molecular complexity index is 1610. The number of anilines is 1. The van der Waals surface area contributed by atoms with Crippen molar-refractivity contribution in [3.05, 3.63) is 88.5 Å². The summed E-state index contributed by atoms with van der Waals surface area (Å²) in [5.41, 5.74) is 14.1. The molecule has 1 fully saturated rings. The van der Waals surface area contributed by atoms with Crippen LogP contribution in [0.4, 0.5) is 5.69 Å². The normalized spacial score (nSPS) is 16.1. The maximum absolute atomic E-state index is 12.4. The molecule has 47 heavy (non-hydrogen) atoms. The van der Waals surface area contributed by atoms with E-state index in [2.05, 4.69) is 34.3 Å². The van der Waals surface area contributed by atoms with E-state index in [1.54, 1.807) is 6.20 Å². The van der Waals surface area contributed by atoms with E-state index in [1.165, 1.54) is 18.3 Å². The maximum Gasteiger partial charge on any atom is 0.358 e. The quantitative estimate of drug-likeness (QED) is 0.182. The minimum atomic E-state index is -0.449. The Kier molecular flexibility index (Phi) is 11.7. The van der Waals surface area contributed by atoms with Crippen LogP contribution in [0.3, 0.4) is 0 Å². The van der Waals surface area contributed by atoms with Gasteiger partial charge in [-0.2, -0.15) is 0 Å². The molecule has 0 radical (unpaired) electrons. The summed E-state index contributed by atoms with van der Waals surface area (Å²) in [6.07, 6.45) is 10.6. The average molecular weight is 642 g/mol. The van der Waals surface area contributed by atoms with Crippen molar-refractivity contribution in [1.29, 1.82) is 0 Å². The standard InChI is InChI=1S/C24H28N2O4.C14H19NO2/c1-15(2)30-23-18(5-4-6-19(23)16-9-11-29-12-10-16)13-20-22(24(27)28-3)26-21(14-25-20)17-7-8-17;1-10(2)17-14-12(4-3-5-13(14)15)11-6-8-16-9-7-11/h4-6,9,14-15,17H,7-8,10-13H2,1-3H3;3-6,10H,7-9,15H2,1-2H3. The second-order valence-corrected chi connectivity index (χ2v) is 12.5. The van der Waals surface area contributed by atoms with Crippen molar-refractivity contribution in [3.63, 3.8) is 0 Å². The topological polar surface area (TPSA) is 115 Å². The molecule has 0 atom stereocenters. The zero-order chi connectivity index (χ0) is 33.3. The fourth-order valence-corrected chi connectivity index (χ4v) is 5.64. The van der Waals surface area contributed by atoms with Crippen LogP contribution in [0.15, 0.2) is 54.7 Å². The van der Waals surface area contributed by atoms with Crippen LogP contribution in [0.1, 0.15) is 97.9 Å². The second-order valence-electron chi connectivity index (χ2n) is 12.5. The van der Waals surface area contributed by atoms with Gasteiger partial charge in [-0.05, 0) is 70.6 Å². The van der Waals surface area contributed by atoms with E-state index in [4.69, 9.17) is 29.4 Å². The summed E-state index contributed by atoms with van der Waals surface area (Å²) < 4.78 is 27.9. The predicted molar refractivity (Wildman–Crippen MR) is 184 cm³/mol. The van der Waals surface area contributed by atoms with Gasteiger partial charge < -0.3 is 29.4 Å². The molecule has 6 rings (SSSR count). The number of rotatable bonds is 10. The van der Waals surface area contributed by atoms with E-state index >= 15 is 0 Å². The highest BCUT2D eigenvalue weighted by molar-refractivity contribution is 5.88. The van der Waals surface area contributed by atoms with Gasteiger partial charge in [-0.25, -0.2) is 9.78 Å². The van der Waals surface area contributed by atoms with Gasteiger partial charge in [0.1, 0.15) is 11.5 Å². The summed E-state index contributed by atoms with van der Waals surface area (Å²) in [6.45, 7) is 10.8. The Balaban J connectivity index is 0.000000216. The van der Waals surface area contributed by atoms with Gasteiger partial charge in [0.2, 0.25) is 0 Å². The number of carbonyl (C=O) groups excluding carboxylic acids is 1. The third-order valence-electron chi connectivity index (χ3n) is 8.07. The number of aromatic nitrogens is 2. The van der Waals surface area contributed by atoms with E-state index in [9.17, 15) is 4.79 Å². The monoisotopic (exact) mass is 641 g/mol. The van der Waals surface area contributed by atoms with E-state index in [-0.39, 0.29) is 12.2 Å². The van der Waals surface area contributed by atoms with E-state index in [0.29, 0.717) is 49.2 Å². The van der Waals surface area contributed by atoms with Crippen LogP contribution in [0.5, 0.6) is 11.5 Å². The number of hydrogen-bond acceptors (Lipinski definition) is 9. The number of nitrogen functional groups attached to an aromatic ring is 1. The molecule has 0 saturated heterocycles. The first kappa shape index (κ1) is 34.1. The van der Waals surface area contributed by atoms with Crippen molar-refractivity contribution in [1.82, 2.24) is 9.97 Å². The number of ether oxygens (including phenoxy) is 5. The van der Waals surface area contributed by atoms with Crippen LogP contribution in [-0.4, -0.2) is 61.7 Å². The molecule has 3 aliphatic rings. The highest BCUT2D eigenvalue weighted by Crippen LogP contribution is 2.40. The third kappa shape index (κ3) is 8.99. The minimum absolute atomic E-state index is 0.0220. The lowest BCUT2D eigenvalue weighted by Gasteiger charge is -2.22. The van der Waals surface area contributed by atoms with Crippen molar-refractivity contribution >= 4 is 22.8 Å². The molecule has 2 N–H and O–H groups in total. The number of benzene rings is 2. The van der Waals surface area contributed by atoms with Crippen molar-refractivity contribution < 1.29 is 28.5 Å². The summed E-state index contributed by atoms with van der Waals surface area (Å²) in [6, 6.07) is 12.0. The fourth-order valence-electron chi connectivity index (χ4n) is 5.64. The van der Waals surface area contributed by atoms with Gasteiger partial charge in [-0.1, -0.05) is 42.5 Å². The lowest BCUT2D eigenvalue weighted by Crippen LogP contribution is -2.15. The van der Waals surface area contributed by atoms with Gasteiger partial charge in [-0.15, -0.1) is 0 Å². The maximum atomic E-state index is 12.4. The first-order chi connectivity index (χ1) is 22.7. The highest BCUT2D eigenvalue weighted by atomic mass is 16.5. The van der Waals surface area contributed by atoms with Gasteiger partial charge in [0.05, 0.1) is 62.8 Å². The number of esters is 1. The van der Waals surface area contributed by atoms with E-state index < -0.39 is 5.97 Å². The van der Waals surface area contributed by atoms with Crippen LogP contribution in [-0.2, 0) is 20.6 Å². The molecular formula is C38H47N3O6. The van der Waals surface area contributed by atoms with E-state index in [1.807, 2.05) is 52.0 Å². The Hall–Kier alpha value is -4.21. The molecule has 9 heteroatoms. The summed E-state index contributed by atoms with van der Waals surface area (Å²) in [5, 5.41) is 0. The van der Waals surface area contributed by atoms with Crippen molar-refractivity contribution in [2.24, 2.45) is 0 Å². The first-order valence-corrected chi connectivity index (χ1v) is 16.6. The predicted octanol–water partition coefficient (Wildman–Crippen LogP) is 7.18. The summed E-state index contributed by atoms with van der Waals surface area (Å²) in [5.74, 6) is 1.60. The third-order valence-corrected chi connectivity index (χ3v) is 8.07. The summed E-state index contributed by atoms with van der Waals surface area (Å²) >= 11 is 0. The van der Waals surface area contributed by atoms with Gasteiger partial charge in [0.15, 0.2) is 5.69 Å². The molecule has 1 aromatic heterocycles. The molecule has 1 aliphatic carbocycles. The Morgan fingerprint density at radius 2 is 1.49 bits per heavy atom. The summed E-state index contributed by atoms with van der Waals surface area (Å²) in [7, 11) is 1.38. The van der Waals surface area contributed by atoms with Crippen LogP contribution >= 0.6 is 0 Å². The van der Waals surface area contributed by atoms with Crippen LogP contribution in [0.25, 0.3) is 11.1 Å². The minimum Gasteiger partial charge on any atom is -0.490 e. The average Bonchev–Trinajstić information content (AvgIpc) is 3.93. The molecule has 2 aromatic carbocycles. The first-order valence-electron chi connectivity index (χ1n) is 16.6. The van der Waals surface area contributed by atoms with Crippen LogP contribution in [0.2, 0.25) is 0 Å². The molecule has 1 saturated carbocycles. The second kappa shape index (κ2) is 16.1. The van der Waals surface area contributed by atoms with Gasteiger partial charge in [-0.3, -0.25) is 4.98 Å². The zero-order valence-electron chi connectivity index (χ0n) is 28.2. The number of carbonyl (C=O) groups is 1. The van der Waals surface area contributed by atoms with Crippen LogP contribution < -0.4 is 15.2 Å². The lowest BCUT2D eigenvalue weighted by atomic mass is 9.95. The fraction of sp³-hybridized carbons (Fsp3) is 0.447. The smallest absolute Gasteiger partial charge is 0.358 e. The number of methoxy groups -OCH3 is 1. The molecule has 0 unspecified atom stereocenters. The molecule has 250 valence electrons. The van der Waals surface area contributed by atoms with Gasteiger partial charge >= 0.3 is 5.97 Å². The largest absolute Gasteiger partial charge is 0.490 e. The van der Waals surface area contributed by atoms with Crippen molar-refractivity contribution in [2.75, 3.05) is 39.3 Å². The Morgan fingerprint density at radius 1 is 0.894 bits per heavy atom. The number of hydrogen-bond donors (Lipinski definition) is 1. The molecule has 0 amide bonds.